The van der Waals surface area contributed by atoms with Gasteiger partial charge in [0.05, 0.1) is 5.41 Å². The van der Waals surface area contributed by atoms with Gasteiger partial charge in [-0.3, -0.25) is 4.79 Å². The molecule has 1 fully saturated rings. The fourth-order valence-electron chi connectivity index (χ4n) is 2.81. The largest absolute Gasteiger partial charge is 0.459 e. The van der Waals surface area contributed by atoms with Crippen LogP contribution in [0.4, 0.5) is 0 Å². The van der Waals surface area contributed by atoms with E-state index in [2.05, 4.69) is 20.8 Å². The molecule has 0 aromatic carbocycles. The Labute approximate surface area is 106 Å². The standard InChI is InChI=1S/C15H28O2/c1-6-11-14(2,3)13(16)17-15(4,5)12-9-7-8-10-12/h12H,6-11H2,1-5H3. The van der Waals surface area contributed by atoms with Crippen molar-refractivity contribution in [1.82, 2.24) is 0 Å². The summed E-state index contributed by atoms with van der Waals surface area (Å²) in [5.74, 6) is 0.514. The lowest BCUT2D eigenvalue weighted by molar-refractivity contribution is -0.172. The lowest BCUT2D eigenvalue weighted by Crippen LogP contribution is -2.40. The molecular formula is C15H28O2. The van der Waals surface area contributed by atoms with Crippen LogP contribution in [-0.2, 0) is 9.53 Å². The van der Waals surface area contributed by atoms with E-state index in [1.54, 1.807) is 0 Å². The third-order valence-corrected chi connectivity index (χ3v) is 4.12. The van der Waals surface area contributed by atoms with Gasteiger partial charge in [0.25, 0.3) is 0 Å². The molecule has 0 aliphatic heterocycles. The zero-order valence-corrected chi connectivity index (χ0v) is 12.1. The van der Waals surface area contributed by atoms with Crippen LogP contribution in [0.25, 0.3) is 0 Å². The number of esters is 1. The lowest BCUT2D eigenvalue weighted by atomic mass is 9.86. The van der Waals surface area contributed by atoms with Crippen LogP contribution in [0.5, 0.6) is 0 Å². The molecular weight excluding hydrogens is 212 g/mol. The fraction of sp³-hybridized carbons (Fsp3) is 0.933. The van der Waals surface area contributed by atoms with Gasteiger partial charge in [0.2, 0.25) is 0 Å². The highest BCUT2D eigenvalue weighted by Gasteiger charge is 2.39. The van der Waals surface area contributed by atoms with Crippen molar-refractivity contribution in [1.29, 1.82) is 0 Å². The zero-order valence-electron chi connectivity index (χ0n) is 12.1. The van der Waals surface area contributed by atoms with Crippen molar-refractivity contribution in [3.63, 3.8) is 0 Å². The molecule has 0 saturated heterocycles. The molecule has 0 aromatic rings. The Bertz CT molecular complexity index is 260. The second-order valence-corrected chi connectivity index (χ2v) is 6.61. The van der Waals surface area contributed by atoms with Gasteiger partial charge in [-0.05, 0) is 52.9 Å². The SMILES string of the molecule is CCCC(C)(C)C(=O)OC(C)(C)C1CCCC1. The molecule has 0 atom stereocenters. The molecule has 0 spiro atoms. The molecule has 2 heteroatoms. The molecule has 1 rings (SSSR count). The summed E-state index contributed by atoms with van der Waals surface area (Å²) in [6.07, 6.45) is 6.88. The number of hydrogen-bond acceptors (Lipinski definition) is 2. The minimum absolute atomic E-state index is 0.0312. The molecule has 2 nitrogen and oxygen atoms in total. The first-order chi connectivity index (χ1) is 7.79. The van der Waals surface area contributed by atoms with Gasteiger partial charge in [0, 0.05) is 0 Å². The van der Waals surface area contributed by atoms with E-state index in [9.17, 15) is 4.79 Å². The number of hydrogen-bond donors (Lipinski definition) is 0. The van der Waals surface area contributed by atoms with Crippen molar-refractivity contribution in [3.05, 3.63) is 0 Å². The molecule has 0 bridgehead atoms. The third-order valence-electron chi connectivity index (χ3n) is 4.12. The van der Waals surface area contributed by atoms with E-state index >= 15 is 0 Å². The van der Waals surface area contributed by atoms with E-state index in [-0.39, 0.29) is 17.0 Å². The summed E-state index contributed by atoms with van der Waals surface area (Å²) in [6, 6.07) is 0. The summed E-state index contributed by atoms with van der Waals surface area (Å²) in [6.45, 7) is 10.2. The fourth-order valence-corrected chi connectivity index (χ4v) is 2.81. The van der Waals surface area contributed by atoms with Crippen LogP contribution >= 0.6 is 0 Å². The van der Waals surface area contributed by atoms with Gasteiger partial charge in [-0.15, -0.1) is 0 Å². The Balaban J connectivity index is 2.60. The van der Waals surface area contributed by atoms with Crippen LogP contribution in [0.2, 0.25) is 0 Å². The number of carbonyl (C=O) groups excluding carboxylic acids is 1. The zero-order chi connectivity index (χ0) is 13.1. The number of rotatable bonds is 5. The quantitative estimate of drug-likeness (QED) is 0.669. The minimum atomic E-state index is -0.343. The van der Waals surface area contributed by atoms with Crippen molar-refractivity contribution in [2.45, 2.75) is 78.7 Å². The second kappa shape index (κ2) is 5.41. The summed E-state index contributed by atoms with van der Waals surface area (Å²) in [5, 5.41) is 0. The van der Waals surface area contributed by atoms with Crippen LogP contribution in [0, 0.1) is 11.3 Å². The molecule has 0 amide bonds. The number of carbonyl (C=O) groups is 1. The monoisotopic (exact) mass is 240 g/mol. The molecule has 17 heavy (non-hydrogen) atoms. The van der Waals surface area contributed by atoms with Gasteiger partial charge in [0.1, 0.15) is 5.60 Å². The first-order valence-corrected chi connectivity index (χ1v) is 7.03. The molecule has 0 aromatic heterocycles. The predicted octanol–water partition coefficient (Wildman–Crippen LogP) is 4.32. The third kappa shape index (κ3) is 3.72. The maximum Gasteiger partial charge on any atom is 0.312 e. The first-order valence-electron chi connectivity index (χ1n) is 7.03. The summed E-state index contributed by atoms with van der Waals surface area (Å²) in [7, 11) is 0. The predicted molar refractivity (Wildman–Crippen MR) is 70.8 cm³/mol. The highest BCUT2D eigenvalue weighted by molar-refractivity contribution is 5.76. The van der Waals surface area contributed by atoms with Crippen LogP contribution in [0.1, 0.15) is 73.1 Å². The van der Waals surface area contributed by atoms with E-state index in [4.69, 9.17) is 4.74 Å². The molecule has 100 valence electrons. The van der Waals surface area contributed by atoms with E-state index in [1.807, 2.05) is 13.8 Å². The van der Waals surface area contributed by atoms with E-state index in [1.165, 1.54) is 25.7 Å². The molecule has 1 aliphatic carbocycles. The highest BCUT2D eigenvalue weighted by atomic mass is 16.6. The lowest BCUT2D eigenvalue weighted by Gasteiger charge is -2.35. The van der Waals surface area contributed by atoms with Crippen LogP contribution in [-0.4, -0.2) is 11.6 Å². The summed E-state index contributed by atoms with van der Waals surface area (Å²) in [4.78, 5) is 12.2. The Morgan fingerprint density at radius 1 is 1.18 bits per heavy atom. The van der Waals surface area contributed by atoms with Gasteiger partial charge in [0.15, 0.2) is 0 Å². The van der Waals surface area contributed by atoms with Gasteiger partial charge in [-0.1, -0.05) is 26.2 Å². The molecule has 1 aliphatic rings. The average Bonchev–Trinajstić information content (AvgIpc) is 2.69. The molecule has 1 saturated carbocycles. The summed E-state index contributed by atoms with van der Waals surface area (Å²) in [5.41, 5.74) is -0.636. The van der Waals surface area contributed by atoms with Gasteiger partial charge in [-0.2, -0.15) is 0 Å². The Morgan fingerprint density at radius 2 is 1.71 bits per heavy atom. The molecule has 0 heterocycles. The number of ether oxygens (including phenoxy) is 1. The first kappa shape index (κ1) is 14.5. The highest BCUT2D eigenvalue weighted by Crippen LogP contribution is 2.37. The maximum atomic E-state index is 12.2. The average molecular weight is 240 g/mol. The van der Waals surface area contributed by atoms with Gasteiger partial charge >= 0.3 is 5.97 Å². The van der Waals surface area contributed by atoms with Gasteiger partial charge in [-0.25, -0.2) is 0 Å². The van der Waals surface area contributed by atoms with Crippen molar-refractivity contribution < 1.29 is 9.53 Å². The minimum Gasteiger partial charge on any atom is -0.459 e. The van der Waals surface area contributed by atoms with Crippen LogP contribution in [0.3, 0.4) is 0 Å². The topological polar surface area (TPSA) is 26.3 Å². The van der Waals surface area contributed by atoms with Crippen molar-refractivity contribution >= 4 is 5.97 Å². The van der Waals surface area contributed by atoms with Crippen molar-refractivity contribution in [3.8, 4) is 0 Å². The molecule has 0 radical (unpaired) electrons. The smallest absolute Gasteiger partial charge is 0.312 e. The van der Waals surface area contributed by atoms with Crippen molar-refractivity contribution in [2.24, 2.45) is 11.3 Å². The Morgan fingerprint density at radius 3 is 2.18 bits per heavy atom. The van der Waals surface area contributed by atoms with Crippen molar-refractivity contribution in [2.75, 3.05) is 0 Å². The van der Waals surface area contributed by atoms with Crippen LogP contribution < -0.4 is 0 Å². The van der Waals surface area contributed by atoms with Crippen LogP contribution in [0.15, 0.2) is 0 Å². The summed E-state index contributed by atoms with van der Waals surface area (Å²) < 4.78 is 5.80. The normalized spacial score (nSPS) is 18.4. The van der Waals surface area contributed by atoms with E-state index < -0.39 is 0 Å². The molecule has 0 N–H and O–H groups in total. The second-order valence-electron chi connectivity index (χ2n) is 6.61. The van der Waals surface area contributed by atoms with E-state index in [0.717, 1.165) is 12.8 Å². The van der Waals surface area contributed by atoms with Gasteiger partial charge < -0.3 is 4.74 Å². The summed E-state index contributed by atoms with van der Waals surface area (Å²) >= 11 is 0. The Hall–Kier alpha value is -0.530. The molecule has 0 unspecified atom stereocenters. The Kier molecular flexibility index (Phi) is 4.62. The van der Waals surface area contributed by atoms with E-state index in [0.29, 0.717) is 5.92 Å². The maximum absolute atomic E-state index is 12.2.